The molecule has 33 heavy (non-hydrogen) atoms. The maximum atomic E-state index is 14.0. The van der Waals surface area contributed by atoms with E-state index in [-0.39, 0.29) is 12.8 Å². The summed E-state index contributed by atoms with van der Waals surface area (Å²) in [6, 6.07) is 12.5. The molecule has 7 nitrogen and oxygen atoms in total. The van der Waals surface area contributed by atoms with Crippen LogP contribution in [0.1, 0.15) is 56.2 Å². The number of benzene rings is 2. The summed E-state index contributed by atoms with van der Waals surface area (Å²) in [7, 11) is 0. The molecule has 1 fully saturated rings. The summed E-state index contributed by atoms with van der Waals surface area (Å²) in [6.07, 6.45) is 4.68. The first-order valence-corrected chi connectivity index (χ1v) is 11.4. The molecule has 0 amide bonds. The molecular formula is C26H27N3O4. The summed E-state index contributed by atoms with van der Waals surface area (Å²) >= 11 is 0. The number of carboxylic acids is 1. The number of H-pyrrole nitrogens is 1. The van der Waals surface area contributed by atoms with E-state index in [4.69, 9.17) is 0 Å². The summed E-state index contributed by atoms with van der Waals surface area (Å²) in [5.41, 5.74) is 0.863. The molecule has 2 N–H and O–H groups in total. The quantitative estimate of drug-likeness (QED) is 0.489. The van der Waals surface area contributed by atoms with Crippen LogP contribution in [-0.2, 0) is 10.3 Å². The molecule has 1 atom stereocenters. The van der Waals surface area contributed by atoms with Gasteiger partial charge in [0.1, 0.15) is 5.54 Å². The van der Waals surface area contributed by atoms with Crippen molar-refractivity contribution in [2.75, 3.05) is 0 Å². The highest BCUT2D eigenvalue weighted by molar-refractivity contribution is 5.87. The number of carboxylic acid groups (broad SMARTS) is 1. The third-order valence-electron chi connectivity index (χ3n) is 7.28. The van der Waals surface area contributed by atoms with E-state index in [0.717, 1.165) is 33.0 Å². The van der Waals surface area contributed by atoms with Crippen molar-refractivity contribution in [2.24, 2.45) is 0 Å². The lowest BCUT2D eigenvalue weighted by Gasteiger charge is -2.35. The van der Waals surface area contributed by atoms with E-state index in [1.807, 2.05) is 38.2 Å². The molecule has 4 aromatic rings. The monoisotopic (exact) mass is 445 g/mol. The van der Waals surface area contributed by atoms with E-state index in [1.165, 1.54) is 0 Å². The highest BCUT2D eigenvalue weighted by Gasteiger charge is 2.44. The molecule has 0 spiro atoms. The van der Waals surface area contributed by atoms with Crippen molar-refractivity contribution in [3.05, 3.63) is 80.6 Å². The Balaban J connectivity index is 1.86. The van der Waals surface area contributed by atoms with Gasteiger partial charge < -0.3 is 10.1 Å². The number of nitrogens with one attached hydrogen (secondary N) is 1. The van der Waals surface area contributed by atoms with Crippen LogP contribution in [0.4, 0.5) is 0 Å². The maximum absolute atomic E-state index is 14.0. The number of rotatable bonds is 4. The molecule has 1 aliphatic rings. The SMILES string of the molecule is Cc1cccc2[nH]cc(C(C)n3c(=O)n(C4(C(=O)O)CCCCC4)c(=O)c4ccccc43)c12. The summed E-state index contributed by atoms with van der Waals surface area (Å²) < 4.78 is 2.63. The van der Waals surface area contributed by atoms with Gasteiger partial charge in [0, 0.05) is 22.7 Å². The molecule has 2 aromatic carbocycles. The van der Waals surface area contributed by atoms with Gasteiger partial charge in [0.15, 0.2) is 0 Å². The molecule has 0 saturated heterocycles. The van der Waals surface area contributed by atoms with E-state index in [0.29, 0.717) is 23.7 Å². The number of carbonyl (C=O) groups is 1. The molecule has 5 rings (SSSR count). The number of aryl methyl sites for hydroxylation is 1. The lowest BCUT2D eigenvalue weighted by Crippen LogP contribution is -2.56. The predicted molar refractivity (Wildman–Crippen MR) is 128 cm³/mol. The fourth-order valence-electron chi connectivity index (χ4n) is 5.57. The van der Waals surface area contributed by atoms with Crippen LogP contribution < -0.4 is 11.2 Å². The summed E-state index contributed by atoms with van der Waals surface area (Å²) in [4.78, 5) is 43.4. The molecule has 0 aliphatic heterocycles. The molecule has 7 heteroatoms. The van der Waals surface area contributed by atoms with Crippen LogP contribution in [0.2, 0.25) is 0 Å². The van der Waals surface area contributed by atoms with Gasteiger partial charge in [-0.25, -0.2) is 14.2 Å². The van der Waals surface area contributed by atoms with Gasteiger partial charge in [-0.1, -0.05) is 43.5 Å². The molecule has 2 aromatic heterocycles. The second kappa shape index (κ2) is 7.76. The number of hydrogen-bond acceptors (Lipinski definition) is 3. The summed E-state index contributed by atoms with van der Waals surface area (Å²) in [5, 5.41) is 11.6. The lowest BCUT2D eigenvalue weighted by atomic mass is 9.81. The number of aliphatic carboxylic acids is 1. The summed E-state index contributed by atoms with van der Waals surface area (Å²) in [6.45, 7) is 3.95. The Labute approximate surface area is 190 Å². The standard InChI is InChI=1S/C26H27N3O4/c1-16-9-8-11-20-22(16)19(15-27-20)17(2)28-21-12-5-4-10-18(21)23(30)29(25(28)33)26(24(31)32)13-6-3-7-14-26/h4-5,8-12,15,17,27H,3,6-7,13-14H2,1-2H3,(H,31,32). The van der Waals surface area contributed by atoms with Gasteiger partial charge in [-0.05, 0) is 50.5 Å². The third-order valence-corrected chi connectivity index (χ3v) is 7.28. The maximum Gasteiger partial charge on any atom is 0.333 e. The Morgan fingerprint density at radius 1 is 1.06 bits per heavy atom. The van der Waals surface area contributed by atoms with Gasteiger partial charge in [0.25, 0.3) is 5.56 Å². The number of nitrogens with zero attached hydrogens (tertiary/aromatic N) is 2. The minimum atomic E-state index is -1.52. The number of aromatic nitrogens is 3. The zero-order valence-corrected chi connectivity index (χ0v) is 18.8. The van der Waals surface area contributed by atoms with Crippen LogP contribution in [0.15, 0.2) is 58.3 Å². The average molecular weight is 446 g/mol. The largest absolute Gasteiger partial charge is 0.479 e. The van der Waals surface area contributed by atoms with Crippen LogP contribution in [0.5, 0.6) is 0 Å². The van der Waals surface area contributed by atoms with E-state index in [2.05, 4.69) is 4.98 Å². The van der Waals surface area contributed by atoms with Crippen molar-refractivity contribution in [3.8, 4) is 0 Å². The minimum Gasteiger partial charge on any atom is -0.479 e. The average Bonchev–Trinajstić information content (AvgIpc) is 3.25. The minimum absolute atomic E-state index is 0.274. The third kappa shape index (κ3) is 3.06. The fraction of sp³-hybridized carbons (Fsp3) is 0.346. The van der Waals surface area contributed by atoms with E-state index >= 15 is 0 Å². The van der Waals surface area contributed by atoms with E-state index in [9.17, 15) is 19.5 Å². The number of aromatic amines is 1. The second-order valence-corrected chi connectivity index (χ2v) is 9.13. The van der Waals surface area contributed by atoms with Gasteiger partial charge in [-0.2, -0.15) is 0 Å². The summed E-state index contributed by atoms with van der Waals surface area (Å²) in [5.74, 6) is -1.11. The fourth-order valence-corrected chi connectivity index (χ4v) is 5.57. The Bertz CT molecular complexity index is 1500. The molecule has 1 aliphatic carbocycles. The van der Waals surface area contributed by atoms with Crippen molar-refractivity contribution in [1.29, 1.82) is 0 Å². The Kier molecular flexibility index (Phi) is 5.00. The highest BCUT2D eigenvalue weighted by atomic mass is 16.4. The van der Waals surface area contributed by atoms with Crippen molar-refractivity contribution in [2.45, 2.75) is 57.5 Å². The first-order valence-electron chi connectivity index (χ1n) is 11.4. The van der Waals surface area contributed by atoms with E-state index < -0.39 is 28.8 Å². The highest BCUT2D eigenvalue weighted by Crippen LogP contribution is 2.35. The zero-order chi connectivity index (χ0) is 23.3. The van der Waals surface area contributed by atoms with Crippen molar-refractivity contribution < 1.29 is 9.90 Å². The Morgan fingerprint density at radius 3 is 2.52 bits per heavy atom. The lowest BCUT2D eigenvalue weighted by molar-refractivity contribution is -0.150. The predicted octanol–water partition coefficient (Wildman–Crippen LogP) is 4.31. The van der Waals surface area contributed by atoms with Crippen molar-refractivity contribution in [1.82, 2.24) is 14.1 Å². The van der Waals surface area contributed by atoms with Crippen LogP contribution in [0.3, 0.4) is 0 Å². The molecule has 2 heterocycles. The smallest absolute Gasteiger partial charge is 0.333 e. The van der Waals surface area contributed by atoms with Crippen LogP contribution >= 0.6 is 0 Å². The van der Waals surface area contributed by atoms with Gasteiger partial charge in [-0.15, -0.1) is 0 Å². The number of fused-ring (bicyclic) bond motifs is 2. The Hall–Kier alpha value is -3.61. The van der Waals surface area contributed by atoms with Crippen molar-refractivity contribution >= 4 is 27.8 Å². The normalized spacial score (nSPS) is 16.8. The number of para-hydroxylation sites is 1. The molecule has 0 radical (unpaired) electrons. The van der Waals surface area contributed by atoms with Gasteiger partial charge in [-0.3, -0.25) is 9.36 Å². The zero-order valence-electron chi connectivity index (χ0n) is 18.8. The van der Waals surface area contributed by atoms with Gasteiger partial charge in [0.05, 0.1) is 16.9 Å². The molecule has 1 saturated carbocycles. The molecular weight excluding hydrogens is 418 g/mol. The topological polar surface area (TPSA) is 97.1 Å². The van der Waals surface area contributed by atoms with Crippen LogP contribution in [0, 0.1) is 6.92 Å². The first kappa shape index (κ1) is 21.2. The number of hydrogen-bond donors (Lipinski definition) is 2. The van der Waals surface area contributed by atoms with E-state index in [1.54, 1.807) is 28.8 Å². The molecule has 1 unspecified atom stereocenters. The molecule has 170 valence electrons. The molecule has 0 bridgehead atoms. The first-order chi connectivity index (χ1) is 15.9. The van der Waals surface area contributed by atoms with Gasteiger partial charge >= 0.3 is 11.7 Å². The van der Waals surface area contributed by atoms with Crippen LogP contribution in [0.25, 0.3) is 21.8 Å². The van der Waals surface area contributed by atoms with Crippen LogP contribution in [-0.4, -0.2) is 25.2 Å². The van der Waals surface area contributed by atoms with Crippen molar-refractivity contribution in [3.63, 3.8) is 0 Å². The Morgan fingerprint density at radius 2 is 1.79 bits per heavy atom. The van der Waals surface area contributed by atoms with Gasteiger partial charge in [0.2, 0.25) is 0 Å². The second-order valence-electron chi connectivity index (χ2n) is 9.13.